The number of rotatable bonds is 10. The van der Waals surface area contributed by atoms with Gasteiger partial charge in [-0.15, -0.1) is 0 Å². The quantitative estimate of drug-likeness (QED) is 0.105. The average Bonchev–Trinajstić information content (AvgIpc) is 2.86. The van der Waals surface area contributed by atoms with E-state index in [1.165, 1.54) is 6.07 Å². The third kappa shape index (κ3) is 9.80. The highest BCUT2D eigenvalue weighted by molar-refractivity contribution is 6.30. The summed E-state index contributed by atoms with van der Waals surface area (Å²) < 4.78 is 46.7. The molecule has 2 aromatic rings. The molecule has 0 spiro atoms. The van der Waals surface area contributed by atoms with Gasteiger partial charge in [-0.1, -0.05) is 54.2 Å². The number of nitrogens with zero attached hydrogens (tertiary/aromatic N) is 2. The Hall–Kier alpha value is -2.65. The van der Waals surface area contributed by atoms with E-state index in [-0.39, 0.29) is 30.1 Å². The Morgan fingerprint density at radius 3 is 2.49 bits per heavy atom. The highest BCUT2D eigenvalue weighted by Crippen LogP contribution is 2.41. The third-order valence-electron chi connectivity index (χ3n) is 6.44. The Kier molecular flexibility index (Phi) is 10.8. The Morgan fingerprint density at radius 1 is 1.13 bits per heavy atom. The monoisotopic (exact) mass is 567 g/mol. The van der Waals surface area contributed by atoms with Gasteiger partial charge in [-0.3, -0.25) is 4.79 Å². The summed E-state index contributed by atoms with van der Waals surface area (Å²) in [7, 11) is 0. The summed E-state index contributed by atoms with van der Waals surface area (Å²) in [6, 6.07) is 7.98. The molecule has 39 heavy (non-hydrogen) atoms. The summed E-state index contributed by atoms with van der Waals surface area (Å²) in [5, 5.41) is 7.45. The average molecular weight is 568 g/mol. The van der Waals surface area contributed by atoms with Crippen LogP contribution in [0, 0.1) is 0 Å². The number of oxime groups is 1. The van der Waals surface area contributed by atoms with E-state index in [0.717, 1.165) is 37.7 Å². The molecule has 1 heterocycles. The van der Waals surface area contributed by atoms with Crippen molar-refractivity contribution in [2.24, 2.45) is 5.16 Å². The molecular formula is C29H37ClF3N3O3. The molecule has 1 fully saturated rings. The number of benzene rings is 1. The van der Waals surface area contributed by atoms with Crippen LogP contribution in [-0.4, -0.2) is 28.8 Å². The molecule has 0 bridgehead atoms. The molecular weight excluding hydrogens is 531 g/mol. The molecule has 0 saturated heterocycles. The minimum atomic E-state index is -4.42. The predicted octanol–water partition coefficient (Wildman–Crippen LogP) is 7.56. The molecule has 0 unspecified atom stereocenters. The van der Waals surface area contributed by atoms with E-state index in [1.807, 2.05) is 20.8 Å². The van der Waals surface area contributed by atoms with Crippen molar-refractivity contribution >= 4 is 23.3 Å². The second-order valence-electron chi connectivity index (χ2n) is 10.9. The first-order valence-corrected chi connectivity index (χ1v) is 13.7. The summed E-state index contributed by atoms with van der Waals surface area (Å²) in [6.07, 6.45) is 0.398. The number of carbonyl (C=O) groups is 1. The second-order valence-corrected chi connectivity index (χ2v) is 11.2. The van der Waals surface area contributed by atoms with E-state index >= 15 is 0 Å². The van der Waals surface area contributed by atoms with Crippen LogP contribution in [0.4, 0.5) is 13.2 Å². The first-order valence-electron chi connectivity index (χ1n) is 13.3. The molecule has 3 rings (SSSR count). The number of nitrogens with one attached hydrogen (secondary N) is 1. The Morgan fingerprint density at radius 2 is 1.85 bits per heavy atom. The zero-order valence-electron chi connectivity index (χ0n) is 23.0. The lowest BCUT2D eigenvalue weighted by Gasteiger charge is -2.25. The van der Waals surface area contributed by atoms with E-state index < -0.39 is 17.3 Å². The molecule has 1 aromatic heterocycles. The normalized spacial score (nSPS) is 15.3. The minimum Gasteiger partial charge on any atom is -0.460 e. The van der Waals surface area contributed by atoms with Crippen LogP contribution in [0.1, 0.15) is 100 Å². The van der Waals surface area contributed by atoms with Gasteiger partial charge in [-0.2, -0.15) is 13.2 Å². The highest BCUT2D eigenvalue weighted by atomic mass is 35.5. The Balaban J connectivity index is 1.56. The SMILES string of the molecule is C/C(=N\OCc1ccc(C2CCCCC2)c(C(F)(F)F)c1)c1ccc(CNCCC(=O)OC(C)(C)C)c(Cl)n1. The molecule has 6 nitrogen and oxygen atoms in total. The Bertz CT molecular complexity index is 1160. The van der Waals surface area contributed by atoms with Crippen molar-refractivity contribution in [2.45, 2.75) is 97.1 Å². The first kappa shape index (κ1) is 30.9. The number of alkyl halides is 3. The minimum absolute atomic E-state index is 0.0513. The van der Waals surface area contributed by atoms with Crippen LogP contribution in [-0.2, 0) is 33.7 Å². The number of ether oxygens (including phenoxy) is 1. The van der Waals surface area contributed by atoms with Crippen LogP contribution in [0.5, 0.6) is 0 Å². The van der Waals surface area contributed by atoms with Gasteiger partial charge in [0.2, 0.25) is 0 Å². The number of halogens is 4. The molecule has 1 aliphatic rings. The molecule has 214 valence electrons. The van der Waals surface area contributed by atoms with E-state index in [0.29, 0.717) is 35.6 Å². The predicted molar refractivity (Wildman–Crippen MR) is 146 cm³/mol. The third-order valence-corrected chi connectivity index (χ3v) is 6.77. The van der Waals surface area contributed by atoms with Crippen LogP contribution in [0.2, 0.25) is 5.15 Å². The van der Waals surface area contributed by atoms with Gasteiger partial charge in [-0.25, -0.2) is 4.98 Å². The van der Waals surface area contributed by atoms with Crippen molar-refractivity contribution in [3.63, 3.8) is 0 Å². The zero-order chi connectivity index (χ0) is 28.6. The lowest BCUT2D eigenvalue weighted by atomic mass is 9.81. The van der Waals surface area contributed by atoms with Gasteiger partial charge in [0.1, 0.15) is 23.1 Å². The topological polar surface area (TPSA) is 72.8 Å². The largest absolute Gasteiger partial charge is 0.460 e. The van der Waals surface area contributed by atoms with Crippen LogP contribution in [0.3, 0.4) is 0 Å². The van der Waals surface area contributed by atoms with Gasteiger partial charge in [0.25, 0.3) is 0 Å². The number of hydrogen-bond acceptors (Lipinski definition) is 6. The highest BCUT2D eigenvalue weighted by Gasteiger charge is 2.35. The summed E-state index contributed by atoms with van der Waals surface area (Å²) in [5.41, 5.74) is 1.35. The molecule has 0 atom stereocenters. The smallest absolute Gasteiger partial charge is 0.416 e. The summed E-state index contributed by atoms with van der Waals surface area (Å²) in [4.78, 5) is 21.5. The van der Waals surface area contributed by atoms with Gasteiger partial charge >= 0.3 is 12.1 Å². The molecule has 1 saturated carbocycles. The van der Waals surface area contributed by atoms with Crippen LogP contribution < -0.4 is 5.32 Å². The van der Waals surface area contributed by atoms with Crippen molar-refractivity contribution in [1.82, 2.24) is 10.3 Å². The fourth-order valence-electron chi connectivity index (χ4n) is 4.56. The van der Waals surface area contributed by atoms with Crippen molar-refractivity contribution < 1.29 is 27.5 Å². The van der Waals surface area contributed by atoms with E-state index in [1.54, 1.807) is 31.2 Å². The molecule has 1 N–H and O–H groups in total. The van der Waals surface area contributed by atoms with Gasteiger partial charge in [-0.05, 0) is 69.7 Å². The zero-order valence-corrected chi connectivity index (χ0v) is 23.7. The van der Waals surface area contributed by atoms with Crippen molar-refractivity contribution in [2.75, 3.05) is 6.54 Å². The molecule has 0 radical (unpaired) electrons. The number of pyridine rings is 1. The summed E-state index contributed by atoms with van der Waals surface area (Å²) >= 11 is 6.33. The van der Waals surface area contributed by atoms with E-state index in [2.05, 4.69) is 15.5 Å². The van der Waals surface area contributed by atoms with Gasteiger partial charge in [0, 0.05) is 18.7 Å². The van der Waals surface area contributed by atoms with E-state index in [9.17, 15) is 18.0 Å². The number of carbonyl (C=O) groups excluding carboxylic acids is 1. The number of aromatic nitrogens is 1. The van der Waals surface area contributed by atoms with Crippen molar-refractivity contribution in [3.8, 4) is 0 Å². The molecule has 1 aromatic carbocycles. The summed E-state index contributed by atoms with van der Waals surface area (Å²) in [6.45, 7) is 7.89. The molecule has 10 heteroatoms. The van der Waals surface area contributed by atoms with Crippen LogP contribution in [0.15, 0.2) is 35.5 Å². The molecule has 0 amide bonds. The maximum Gasteiger partial charge on any atom is 0.416 e. The maximum absolute atomic E-state index is 13.8. The summed E-state index contributed by atoms with van der Waals surface area (Å²) in [5.74, 6) is -0.333. The van der Waals surface area contributed by atoms with E-state index in [4.69, 9.17) is 21.2 Å². The van der Waals surface area contributed by atoms with Gasteiger partial charge < -0.3 is 14.9 Å². The fraction of sp³-hybridized carbons (Fsp3) is 0.552. The first-order chi connectivity index (χ1) is 18.3. The number of esters is 1. The van der Waals surface area contributed by atoms with Crippen molar-refractivity contribution in [1.29, 1.82) is 0 Å². The maximum atomic E-state index is 13.8. The van der Waals surface area contributed by atoms with Crippen molar-refractivity contribution in [3.05, 3.63) is 63.4 Å². The van der Waals surface area contributed by atoms with Gasteiger partial charge in [0.15, 0.2) is 0 Å². The Labute approximate surface area is 233 Å². The lowest BCUT2D eigenvalue weighted by molar-refractivity contribution is -0.154. The van der Waals surface area contributed by atoms with Gasteiger partial charge in [0.05, 0.1) is 17.7 Å². The second kappa shape index (κ2) is 13.6. The number of hydrogen-bond donors (Lipinski definition) is 1. The fourth-order valence-corrected chi connectivity index (χ4v) is 4.78. The standard InChI is InChI=1S/C29H37ClF3N3O3/c1-19(25-13-11-22(27(30)35-25)17-34-15-14-26(37)39-28(2,3)4)36-38-18-20-10-12-23(21-8-6-5-7-9-21)24(16-20)29(31,32)33/h10-13,16,21,34H,5-9,14-15,17-18H2,1-4H3/b36-19+. The van der Waals surface area contributed by atoms with Crippen LogP contribution in [0.25, 0.3) is 0 Å². The molecule has 1 aliphatic carbocycles. The molecule has 0 aliphatic heterocycles. The van der Waals surface area contributed by atoms with Crippen LogP contribution >= 0.6 is 11.6 Å². The lowest BCUT2D eigenvalue weighted by Crippen LogP contribution is -2.26.